The van der Waals surface area contributed by atoms with E-state index in [1.807, 2.05) is 13.8 Å². The quantitative estimate of drug-likeness (QED) is 0.573. The van der Waals surface area contributed by atoms with Gasteiger partial charge in [0.05, 0.1) is 23.4 Å². The maximum atomic E-state index is 12.1. The number of thioether (sulfide) groups is 1. The zero-order valence-corrected chi connectivity index (χ0v) is 15.2. The minimum absolute atomic E-state index is 0.0102. The van der Waals surface area contributed by atoms with E-state index in [1.54, 1.807) is 6.07 Å². The molecule has 2 aromatic rings. The van der Waals surface area contributed by atoms with Gasteiger partial charge in [0.1, 0.15) is 6.04 Å². The minimum atomic E-state index is -0.649. The van der Waals surface area contributed by atoms with Gasteiger partial charge < -0.3 is 15.0 Å². The summed E-state index contributed by atoms with van der Waals surface area (Å²) in [5.74, 6) is -0.589. The lowest BCUT2D eigenvalue weighted by molar-refractivity contribution is -0.146. The summed E-state index contributed by atoms with van der Waals surface area (Å²) in [6.07, 6.45) is 2.27. The number of imidazole rings is 1. The Balaban J connectivity index is 1.96. The number of methoxy groups -OCH3 is 1. The Hall–Kier alpha value is -1.80. The second-order valence-corrected chi connectivity index (χ2v) is 6.71. The van der Waals surface area contributed by atoms with E-state index in [2.05, 4.69) is 20.3 Å². The van der Waals surface area contributed by atoms with E-state index >= 15 is 0 Å². The van der Waals surface area contributed by atoms with Crippen molar-refractivity contribution < 1.29 is 14.3 Å². The fourth-order valence-corrected chi connectivity index (χ4v) is 2.91. The van der Waals surface area contributed by atoms with Crippen LogP contribution in [0, 0.1) is 5.92 Å². The number of nitrogens with zero attached hydrogens (tertiary/aromatic N) is 2. The summed E-state index contributed by atoms with van der Waals surface area (Å²) in [7, 11) is 1.31. The lowest BCUT2D eigenvalue weighted by atomic mass is 9.99. The second kappa shape index (κ2) is 8.34. The van der Waals surface area contributed by atoms with Crippen LogP contribution in [0.4, 0.5) is 0 Å². The highest BCUT2D eigenvalue weighted by Crippen LogP contribution is 2.20. The molecule has 0 unspecified atom stereocenters. The van der Waals surface area contributed by atoms with Gasteiger partial charge in [-0.15, -0.1) is 0 Å². The zero-order valence-electron chi connectivity index (χ0n) is 13.6. The van der Waals surface area contributed by atoms with Crippen LogP contribution in [0.1, 0.15) is 20.3 Å². The van der Waals surface area contributed by atoms with Gasteiger partial charge in [-0.05, 0) is 12.0 Å². The van der Waals surface area contributed by atoms with Crippen molar-refractivity contribution in [3.05, 3.63) is 17.3 Å². The number of esters is 1. The number of hydrogen-bond acceptors (Lipinski definition) is 6. The molecule has 2 N–H and O–H groups in total. The van der Waals surface area contributed by atoms with Gasteiger partial charge >= 0.3 is 5.97 Å². The van der Waals surface area contributed by atoms with E-state index in [9.17, 15) is 9.59 Å². The third-order valence-electron chi connectivity index (χ3n) is 3.61. The third kappa shape index (κ3) is 4.61. The first-order valence-corrected chi connectivity index (χ1v) is 8.82. The van der Waals surface area contributed by atoms with Crippen LogP contribution in [-0.2, 0) is 14.3 Å². The van der Waals surface area contributed by atoms with Gasteiger partial charge in [-0.25, -0.2) is 14.8 Å². The molecule has 0 saturated heterocycles. The predicted molar refractivity (Wildman–Crippen MR) is 93.0 cm³/mol. The molecule has 1 amide bonds. The Morgan fingerprint density at radius 3 is 2.92 bits per heavy atom. The molecule has 0 saturated carbocycles. The number of carbonyl (C=O) groups is 2. The van der Waals surface area contributed by atoms with E-state index < -0.39 is 12.0 Å². The van der Waals surface area contributed by atoms with Gasteiger partial charge in [0.25, 0.3) is 0 Å². The van der Waals surface area contributed by atoms with Gasteiger partial charge in [0.2, 0.25) is 5.91 Å². The van der Waals surface area contributed by atoms with Gasteiger partial charge in [0.15, 0.2) is 10.8 Å². The molecule has 24 heavy (non-hydrogen) atoms. The summed E-state index contributed by atoms with van der Waals surface area (Å²) in [6, 6.07) is 1.07. The standard InChI is InChI=1S/C15H19ClN4O3S/c1-4-8(2)12(14(22)23-3)19-11(21)7-24-15-18-10-5-9(16)6-17-13(10)20-15/h5-6,8,12H,4,7H2,1-3H3,(H,19,21)(H,17,18,20)/t8-,12-/m0/s1. The molecule has 0 aliphatic carbocycles. The Morgan fingerprint density at radius 2 is 2.25 bits per heavy atom. The molecule has 9 heteroatoms. The van der Waals surface area contributed by atoms with E-state index in [-0.39, 0.29) is 17.6 Å². The molecule has 0 aliphatic rings. The number of fused-ring (bicyclic) bond motifs is 1. The number of pyridine rings is 1. The molecule has 2 aromatic heterocycles. The average Bonchev–Trinajstić information content (AvgIpc) is 2.98. The van der Waals surface area contributed by atoms with E-state index in [0.29, 0.717) is 21.3 Å². The first-order valence-electron chi connectivity index (χ1n) is 7.45. The molecule has 0 aliphatic heterocycles. The van der Waals surface area contributed by atoms with Crippen molar-refractivity contribution >= 4 is 46.4 Å². The van der Waals surface area contributed by atoms with Gasteiger partial charge in [-0.1, -0.05) is 43.6 Å². The molecule has 0 spiro atoms. The Kier molecular flexibility index (Phi) is 6.44. The van der Waals surface area contributed by atoms with Crippen LogP contribution in [-0.4, -0.2) is 45.7 Å². The van der Waals surface area contributed by atoms with Crippen LogP contribution in [0.15, 0.2) is 17.4 Å². The van der Waals surface area contributed by atoms with Gasteiger partial charge in [-0.2, -0.15) is 0 Å². The van der Waals surface area contributed by atoms with Crippen LogP contribution in [0.5, 0.6) is 0 Å². The van der Waals surface area contributed by atoms with Crippen LogP contribution in [0.2, 0.25) is 5.02 Å². The highest BCUT2D eigenvalue weighted by atomic mass is 35.5. The normalized spacial score (nSPS) is 13.5. The summed E-state index contributed by atoms with van der Waals surface area (Å²) in [5, 5.41) is 3.79. The summed E-state index contributed by atoms with van der Waals surface area (Å²) in [4.78, 5) is 35.3. The molecule has 2 atom stereocenters. The van der Waals surface area contributed by atoms with E-state index in [1.165, 1.54) is 25.1 Å². The molecule has 2 heterocycles. The Morgan fingerprint density at radius 1 is 1.50 bits per heavy atom. The maximum absolute atomic E-state index is 12.1. The van der Waals surface area contributed by atoms with Gasteiger partial charge in [0, 0.05) is 6.20 Å². The zero-order chi connectivity index (χ0) is 17.7. The average molecular weight is 371 g/mol. The summed E-state index contributed by atoms with van der Waals surface area (Å²) < 4.78 is 4.75. The number of rotatable bonds is 7. The number of amides is 1. The van der Waals surface area contributed by atoms with Crippen LogP contribution in [0.3, 0.4) is 0 Å². The fraction of sp³-hybridized carbons (Fsp3) is 0.467. The Bertz CT molecular complexity index is 737. The van der Waals surface area contributed by atoms with Crippen molar-refractivity contribution in [1.29, 1.82) is 0 Å². The number of hydrogen-bond donors (Lipinski definition) is 2. The van der Waals surface area contributed by atoms with Crippen molar-refractivity contribution in [2.75, 3.05) is 12.9 Å². The molecular formula is C15H19ClN4O3S. The largest absolute Gasteiger partial charge is 0.467 e. The van der Waals surface area contributed by atoms with Gasteiger partial charge in [-0.3, -0.25) is 4.79 Å². The highest BCUT2D eigenvalue weighted by Gasteiger charge is 2.26. The minimum Gasteiger partial charge on any atom is -0.467 e. The molecule has 130 valence electrons. The molecule has 0 aromatic carbocycles. The molecule has 0 bridgehead atoms. The van der Waals surface area contributed by atoms with E-state index in [4.69, 9.17) is 16.3 Å². The van der Waals surface area contributed by atoms with Crippen LogP contribution < -0.4 is 5.32 Å². The monoisotopic (exact) mass is 370 g/mol. The fourth-order valence-electron chi connectivity index (χ4n) is 2.07. The number of aromatic nitrogens is 3. The SMILES string of the molecule is CC[C@H](C)[C@H](NC(=O)CSc1nc2ncc(Cl)cc2[nH]1)C(=O)OC. The number of carbonyl (C=O) groups excluding carboxylic acids is 2. The summed E-state index contributed by atoms with van der Waals surface area (Å²) in [6.45, 7) is 3.84. The second-order valence-electron chi connectivity index (χ2n) is 5.31. The lowest BCUT2D eigenvalue weighted by Gasteiger charge is -2.21. The molecular weight excluding hydrogens is 352 g/mol. The van der Waals surface area contributed by atoms with Crippen molar-refractivity contribution in [3.8, 4) is 0 Å². The maximum Gasteiger partial charge on any atom is 0.328 e. The topological polar surface area (TPSA) is 97.0 Å². The summed E-state index contributed by atoms with van der Waals surface area (Å²) >= 11 is 7.10. The first kappa shape index (κ1) is 18.5. The molecule has 0 radical (unpaired) electrons. The predicted octanol–water partition coefficient (Wildman–Crippen LogP) is 2.41. The number of H-pyrrole nitrogens is 1. The van der Waals surface area contributed by atoms with Crippen LogP contribution in [0.25, 0.3) is 11.2 Å². The van der Waals surface area contributed by atoms with Crippen molar-refractivity contribution in [3.63, 3.8) is 0 Å². The number of halogens is 1. The van der Waals surface area contributed by atoms with Crippen molar-refractivity contribution in [2.45, 2.75) is 31.5 Å². The highest BCUT2D eigenvalue weighted by molar-refractivity contribution is 7.99. The molecule has 0 fully saturated rings. The number of ether oxygens (including phenoxy) is 1. The number of aromatic amines is 1. The van der Waals surface area contributed by atoms with Crippen LogP contribution >= 0.6 is 23.4 Å². The Labute approximate surface area is 148 Å². The third-order valence-corrected chi connectivity index (χ3v) is 4.69. The number of nitrogens with one attached hydrogen (secondary N) is 2. The smallest absolute Gasteiger partial charge is 0.328 e. The first-order chi connectivity index (χ1) is 11.4. The van der Waals surface area contributed by atoms with Crippen molar-refractivity contribution in [1.82, 2.24) is 20.3 Å². The lowest BCUT2D eigenvalue weighted by Crippen LogP contribution is -2.46. The molecule has 2 rings (SSSR count). The van der Waals surface area contributed by atoms with Crippen molar-refractivity contribution in [2.24, 2.45) is 5.92 Å². The van der Waals surface area contributed by atoms with E-state index in [0.717, 1.165) is 6.42 Å². The summed E-state index contributed by atoms with van der Waals surface area (Å²) in [5.41, 5.74) is 1.24. The molecule has 7 nitrogen and oxygen atoms in total.